The van der Waals surface area contributed by atoms with Gasteiger partial charge < -0.3 is 9.47 Å². The predicted molar refractivity (Wildman–Crippen MR) is 88.4 cm³/mol. The fourth-order valence-corrected chi connectivity index (χ4v) is 1.99. The first-order valence-corrected chi connectivity index (χ1v) is 8.51. The number of ether oxygens (including phenoxy) is 2. The number of rotatable bonds is 12. The van der Waals surface area contributed by atoms with E-state index < -0.39 is 11.9 Å². The summed E-state index contributed by atoms with van der Waals surface area (Å²) in [6, 6.07) is 0. The number of carbonyl (C=O) groups is 2. The molecule has 0 fully saturated rings. The Morgan fingerprint density at radius 3 is 2.14 bits per heavy atom. The van der Waals surface area contributed by atoms with Crippen LogP contribution in [0.5, 0.6) is 0 Å². The molecular weight excluding hydrogens is 280 g/mol. The minimum atomic E-state index is -0.487. The third-order valence-electron chi connectivity index (χ3n) is 3.53. The number of hydrogen-bond donors (Lipinski definition) is 0. The summed E-state index contributed by atoms with van der Waals surface area (Å²) in [7, 11) is 0. The first-order chi connectivity index (χ1) is 10.5. The number of carbonyl (C=O) groups excluding carboxylic acids is 2. The zero-order chi connectivity index (χ0) is 16.8. The Labute approximate surface area is 135 Å². The van der Waals surface area contributed by atoms with E-state index in [9.17, 15) is 9.59 Å². The zero-order valence-corrected chi connectivity index (χ0v) is 14.6. The fourth-order valence-electron chi connectivity index (χ4n) is 1.99. The van der Waals surface area contributed by atoms with E-state index in [0.29, 0.717) is 25.0 Å². The van der Waals surface area contributed by atoms with Gasteiger partial charge in [-0.25, -0.2) is 9.59 Å². The Bertz CT molecular complexity index is 334. The molecule has 0 aliphatic heterocycles. The van der Waals surface area contributed by atoms with Gasteiger partial charge >= 0.3 is 11.9 Å². The molecule has 0 aromatic rings. The summed E-state index contributed by atoms with van der Waals surface area (Å²) in [5.41, 5.74) is 0. The Morgan fingerprint density at radius 1 is 0.955 bits per heavy atom. The highest BCUT2D eigenvalue weighted by molar-refractivity contribution is 5.91. The topological polar surface area (TPSA) is 52.6 Å². The largest absolute Gasteiger partial charge is 0.463 e. The first kappa shape index (κ1) is 20.7. The predicted octanol–water partition coefficient (Wildman–Crippen LogP) is 4.28. The second-order valence-electron chi connectivity index (χ2n) is 6.08. The second kappa shape index (κ2) is 13.4. The molecule has 0 amide bonds. The molecule has 0 rings (SSSR count). The molecule has 4 heteroatoms. The molecule has 0 saturated carbocycles. The van der Waals surface area contributed by atoms with Gasteiger partial charge in [0, 0.05) is 12.2 Å². The molecule has 0 saturated heterocycles. The standard InChI is InChI=1S/C18H32O4/c1-5-7-10-16(6-2)14-22-18(20)12-11-17(19)21-13-8-9-15(3)4/h11-12,15-16H,5-10,13-14H2,1-4H3/b12-11+. The SMILES string of the molecule is CCCCC(CC)COC(=O)/C=C/C(=O)OCCCC(C)C. The lowest BCUT2D eigenvalue weighted by atomic mass is 10.0. The lowest BCUT2D eigenvalue weighted by Crippen LogP contribution is -2.13. The smallest absolute Gasteiger partial charge is 0.331 e. The van der Waals surface area contributed by atoms with Crippen LogP contribution in [0.25, 0.3) is 0 Å². The van der Waals surface area contributed by atoms with Gasteiger partial charge in [0.05, 0.1) is 13.2 Å². The Morgan fingerprint density at radius 2 is 1.59 bits per heavy atom. The van der Waals surface area contributed by atoms with E-state index in [1.54, 1.807) is 0 Å². The molecule has 1 atom stereocenters. The van der Waals surface area contributed by atoms with Gasteiger partial charge in [0.2, 0.25) is 0 Å². The Hall–Kier alpha value is -1.32. The van der Waals surface area contributed by atoms with Crippen LogP contribution in [0, 0.1) is 11.8 Å². The van der Waals surface area contributed by atoms with E-state index in [-0.39, 0.29) is 0 Å². The maximum absolute atomic E-state index is 11.5. The first-order valence-electron chi connectivity index (χ1n) is 8.51. The fraction of sp³-hybridized carbons (Fsp3) is 0.778. The molecule has 0 spiro atoms. The van der Waals surface area contributed by atoms with Crippen molar-refractivity contribution in [2.45, 2.75) is 66.2 Å². The van der Waals surface area contributed by atoms with Crippen LogP contribution in [-0.2, 0) is 19.1 Å². The Kier molecular flexibility index (Phi) is 12.5. The van der Waals surface area contributed by atoms with Crippen LogP contribution in [0.2, 0.25) is 0 Å². The van der Waals surface area contributed by atoms with Gasteiger partial charge in [0.15, 0.2) is 0 Å². The van der Waals surface area contributed by atoms with Gasteiger partial charge in [-0.1, -0.05) is 47.0 Å². The third-order valence-corrected chi connectivity index (χ3v) is 3.53. The van der Waals surface area contributed by atoms with Crippen molar-refractivity contribution in [3.05, 3.63) is 12.2 Å². The molecule has 0 bridgehead atoms. The molecule has 4 nitrogen and oxygen atoms in total. The van der Waals surface area contributed by atoms with Gasteiger partial charge in [0.1, 0.15) is 0 Å². The van der Waals surface area contributed by atoms with Crippen molar-refractivity contribution in [3.63, 3.8) is 0 Å². The van der Waals surface area contributed by atoms with Crippen LogP contribution in [-0.4, -0.2) is 25.2 Å². The van der Waals surface area contributed by atoms with Gasteiger partial charge in [-0.2, -0.15) is 0 Å². The highest BCUT2D eigenvalue weighted by atomic mass is 16.5. The molecule has 1 unspecified atom stereocenters. The lowest BCUT2D eigenvalue weighted by molar-refractivity contribution is -0.141. The van der Waals surface area contributed by atoms with Crippen molar-refractivity contribution in [2.24, 2.45) is 11.8 Å². The van der Waals surface area contributed by atoms with Crippen LogP contribution in [0.15, 0.2) is 12.2 Å². The van der Waals surface area contributed by atoms with Crippen LogP contribution < -0.4 is 0 Å². The number of unbranched alkanes of at least 4 members (excludes halogenated alkanes) is 1. The summed E-state index contributed by atoms with van der Waals surface area (Å²) in [4.78, 5) is 23.0. The van der Waals surface area contributed by atoms with Crippen molar-refractivity contribution < 1.29 is 19.1 Å². The number of esters is 2. The molecule has 0 N–H and O–H groups in total. The molecule has 0 radical (unpaired) electrons. The van der Waals surface area contributed by atoms with Gasteiger partial charge in [-0.3, -0.25) is 0 Å². The molecule has 0 aromatic heterocycles. The van der Waals surface area contributed by atoms with Crippen molar-refractivity contribution in [2.75, 3.05) is 13.2 Å². The van der Waals surface area contributed by atoms with Crippen LogP contribution in [0.4, 0.5) is 0 Å². The summed E-state index contributed by atoms with van der Waals surface area (Å²) < 4.78 is 10.2. The molecule has 0 aliphatic rings. The maximum atomic E-state index is 11.5. The molecule has 0 aliphatic carbocycles. The van der Waals surface area contributed by atoms with Gasteiger partial charge in [0.25, 0.3) is 0 Å². The molecule has 128 valence electrons. The lowest BCUT2D eigenvalue weighted by Gasteiger charge is -2.13. The van der Waals surface area contributed by atoms with E-state index in [4.69, 9.17) is 9.47 Å². The highest BCUT2D eigenvalue weighted by Crippen LogP contribution is 2.12. The highest BCUT2D eigenvalue weighted by Gasteiger charge is 2.08. The van der Waals surface area contributed by atoms with Crippen LogP contribution >= 0.6 is 0 Å². The van der Waals surface area contributed by atoms with E-state index in [2.05, 4.69) is 27.7 Å². The summed E-state index contributed by atoms with van der Waals surface area (Å²) in [6.07, 6.45) is 8.52. The summed E-state index contributed by atoms with van der Waals surface area (Å²) in [5.74, 6) is 0.0385. The maximum Gasteiger partial charge on any atom is 0.331 e. The minimum Gasteiger partial charge on any atom is -0.463 e. The average Bonchev–Trinajstić information content (AvgIpc) is 2.49. The van der Waals surface area contributed by atoms with Gasteiger partial charge in [-0.05, 0) is 31.1 Å². The zero-order valence-electron chi connectivity index (χ0n) is 14.6. The van der Waals surface area contributed by atoms with Crippen molar-refractivity contribution in [1.29, 1.82) is 0 Å². The molecule has 0 aromatic carbocycles. The molecule has 22 heavy (non-hydrogen) atoms. The van der Waals surface area contributed by atoms with Gasteiger partial charge in [-0.15, -0.1) is 0 Å². The molecular formula is C18H32O4. The quantitative estimate of drug-likeness (QED) is 0.306. The monoisotopic (exact) mass is 312 g/mol. The Balaban J connectivity index is 3.86. The van der Waals surface area contributed by atoms with Crippen molar-refractivity contribution in [3.8, 4) is 0 Å². The van der Waals surface area contributed by atoms with Crippen LogP contribution in [0.1, 0.15) is 66.2 Å². The van der Waals surface area contributed by atoms with E-state index in [1.165, 1.54) is 0 Å². The van der Waals surface area contributed by atoms with Crippen molar-refractivity contribution >= 4 is 11.9 Å². The average molecular weight is 312 g/mol. The van der Waals surface area contributed by atoms with Crippen molar-refractivity contribution in [1.82, 2.24) is 0 Å². The summed E-state index contributed by atoms with van der Waals surface area (Å²) in [5, 5.41) is 0. The normalized spacial score (nSPS) is 12.6. The van der Waals surface area contributed by atoms with Crippen LogP contribution in [0.3, 0.4) is 0 Å². The van der Waals surface area contributed by atoms with E-state index >= 15 is 0 Å². The van der Waals surface area contributed by atoms with E-state index in [1.807, 2.05) is 0 Å². The molecule has 0 heterocycles. The summed E-state index contributed by atoms with van der Waals surface area (Å²) >= 11 is 0. The summed E-state index contributed by atoms with van der Waals surface area (Å²) in [6.45, 7) is 9.31. The second-order valence-corrected chi connectivity index (χ2v) is 6.08. The minimum absolute atomic E-state index is 0.394. The van der Waals surface area contributed by atoms with E-state index in [0.717, 1.165) is 50.7 Å². The number of hydrogen-bond acceptors (Lipinski definition) is 4. The third kappa shape index (κ3) is 12.4.